The molecule has 0 aliphatic carbocycles. The molecular formula is C60H39BN2O2. The summed E-state index contributed by atoms with van der Waals surface area (Å²) < 4.78 is 14.2. The Labute approximate surface area is 377 Å². The van der Waals surface area contributed by atoms with Crippen LogP contribution >= 0.6 is 0 Å². The Bertz CT molecular complexity index is 3620. The van der Waals surface area contributed by atoms with Crippen LogP contribution in [0.15, 0.2) is 237 Å². The fourth-order valence-electron chi connectivity index (χ4n) is 10.3. The average Bonchev–Trinajstić information content (AvgIpc) is 3.37. The second-order valence-electron chi connectivity index (χ2n) is 16.8. The van der Waals surface area contributed by atoms with E-state index < -0.39 is 0 Å². The van der Waals surface area contributed by atoms with Crippen LogP contribution < -0.4 is 35.7 Å². The van der Waals surface area contributed by atoms with Crippen molar-refractivity contribution in [3.63, 3.8) is 0 Å². The molecule has 13 rings (SSSR count). The van der Waals surface area contributed by atoms with E-state index in [4.69, 9.17) is 9.47 Å². The Morgan fingerprint density at radius 1 is 0.277 bits per heavy atom. The van der Waals surface area contributed by atoms with E-state index in [1.54, 1.807) is 0 Å². The molecule has 0 saturated heterocycles. The highest BCUT2D eigenvalue weighted by Crippen LogP contribution is 2.47. The molecule has 4 nitrogen and oxygen atoms in total. The van der Waals surface area contributed by atoms with E-state index in [1.807, 2.05) is 6.07 Å². The molecular weight excluding hydrogens is 791 g/mol. The Balaban J connectivity index is 1.04. The van der Waals surface area contributed by atoms with Crippen LogP contribution in [-0.4, -0.2) is 6.71 Å². The highest BCUT2D eigenvalue weighted by molar-refractivity contribution is 7.01. The van der Waals surface area contributed by atoms with Crippen LogP contribution in [0.2, 0.25) is 0 Å². The smallest absolute Gasteiger partial charge is 0.262 e. The number of hydrogen-bond acceptors (Lipinski definition) is 4. The first-order valence-electron chi connectivity index (χ1n) is 22.2. The predicted octanol–water partition coefficient (Wildman–Crippen LogP) is 14.5. The summed E-state index contributed by atoms with van der Waals surface area (Å²) >= 11 is 0. The Morgan fingerprint density at radius 3 is 1.28 bits per heavy atom. The molecule has 0 radical (unpaired) electrons. The molecule has 5 heteroatoms. The topological polar surface area (TPSA) is 24.9 Å². The maximum Gasteiger partial charge on any atom is 0.262 e. The van der Waals surface area contributed by atoms with Crippen molar-refractivity contribution in [1.82, 2.24) is 0 Å². The summed E-state index contributed by atoms with van der Waals surface area (Å²) in [4.78, 5) is 4.73. The third kappa shape index (κ3) is 6.08. The molecule has 2 heterocycles. The summed E-state index contributed by atoms with van der Waals surface area (Å²) in [6.07, 6.45) is 0. The number of ether oxygens (including phenoxy) is 2. The van der Waals surface area contributed by atoms with Gasteiger partial charge in [-0.05, 0) is 104 Å². The van der Waals surface area contributed by atoms with E-state index in [1.165, 1.54) is 21.9 Å². The summed E-state index contributed by atoms with van der Waals surface area (Å²) in [5.74, 6) is 3.28. The Kier molecular flexibility index (Phi) is 8.60. The van der Waals surface area contributed by atoms with Gasteiger partial charge in [0.05, 0.1) is 11.4 Å². The average molecular weight is 831 g/mol. The molecule has 0 spiro atoms. The number of para-hydroxylation sites is 2. The Hall–Kier alpha value is -8.54. The summed E-state index contributed by atoms with van der Waals surface area (Å²) in [6, 6.07) is 84.3. The van der Waals surface area contributed by atoms with E-state index in [0.29, 0.717) is 0 Å². The molecule has 0 amide bonds. The molecule has 2 aliphatic rings. The van der Waals surface area contributed by atoms with Gasteiger partial charge < -0.3 is 19.3 Å². The number of hydrogen-bond donors (Lipinski definition) is 0. The van der Waals surface area contributed by atoms with Gasteiger partial charge >= 0.3 is 0 Å². The van der Waals surface area contributed by atoms with E-state index >= 15 is 0 Å². The molecule has 0 fully saturated rings. The highest BCUT2D eigenvalue weighted by Gasteiger charge is 2.43. The minimum atomic E-state index is -0.173. The minimum absolute atomic E-state index is 0.173. The van der Waals surface area contributed by atoms with Gasteiger partial charge in [-0.15, -0.1) is 0 Å². The minimum Gasteiger partial charge on any atom is -0.458 e. The summed E-state index contributed by atoms with van der Waals surface area (Å²) in [5, 5.41) is 6.93. The van der Waals surface area contributed by atoms with Gasteiger partial charge in [-0.25, -0.2) is 0 Å². The standard InChI is InChI=1S/C60H39BN2O2/c1-4-17-40(18-5-1)42-31-34-46(35-32-42)62(44-21-6-2-7-22-44)52-38-56-58(50-27-14-12-25-48(50)52)61-59-51-28-15-13-26-49(51)53(39-57(59)65-55-30-16-29-54(64-56)60(55)61)63(45-23-8-3-9-24-45)47-36-33-41-19-10-11-20-43(41)37-47/h1-39H. The van der Waals surface area contributed by atoms with Crippen LogP contribution in [0.25, 0.3) is 43.4 Å². The van der Waals surface area contributed by atoms with Crippen molar-refractivity contribution >= 4 is 89.5 Å². The molecule has 0 unspecified atom stereocenters. The number of fused-ring (bicyclic) bond motifs is 9. The lowest BCUT2D eigenvalue weighted by Crippen LogP contribution is -2.58. The molecule has 65 heavy (non-hydrogen) atoms. The zero-order valence-electron chi connectivity index (χ0n) is 35.3. The van der Waals surface area contributed by atoms with Gasteiger partial charge in [0.2, 0.25) is 0 Å². The highest BCUT2D eigenvalue weighted by atomic mass is 16.5. The molecule has 2 aliphatic heterocycles. The predicted molar refractivity (Wildman–Crippen MR) is 271 cm³/mol. The summed E-state index contributed by atoms with van der Waals surface area (Å²) in [6.45, 7) is -0.173. The fourth-order valence-corrected chi connectivity index (χ4v) is 10.3. The SMILES string of the molecule is c1ccc(-c2ccc(N(c3ccccc3)c3cc4c(c5ccccc35)B3c5c(cccc5Oc5cc(N(c6ccccc6)c6ccc7ccccc7c6)c6ccccc6c53)O4)cc2)cc1. The molecule has 0 aromatic heterocycles. The third-order valence-corrected chi connectivity index (χ3v) is 13.1. The molecule has 0 N–H and O–H groups in total. The quantitative estimate of drug-likeness (QED) is 0.149. The second-order valence-corrected chi connectivity index (χ2v) is 16.8. The van der Waals surface area contributed by atoms with Crippen molar-refractivity contribution in [2.24, 2.45) is 0 Å². The van der Waals surface area contributed by atoms with Crippen molar-refractivity contribution < 1.29 is 9.47 Å². The first kappa shape index (κ1) is 37.1. The van der Waals surface area contributed by atoms with E-state index in [9.17, 15) is 0 Å². The van der Waals surface area contributed by atoms with Gasteiger partial charge in [0.1, 0.15) is 23.0 Å². The first-order chi connectivity index (χ1) is 32.2. The van der Waals surface area contributed by atoms with Crippen molar-refractivity contribution in [2.45, 2.75) is 0 Å². The number of anilines is 6. The molecule has 304 valence electrons. The molecule has 0 atom stereocenters. The van der Waals surface area contributed by atoms with Crippen LogP contribution in [0, 0.1) is 0 Å². The van der Waals surface area contributed by atoms with Crippen LogP contribution in [0.3, 0.4) is 0 Å². The number of benzene rings is 11. The van der Waals surface area contributed by atoms with E-state index in [2.05, 4.69) is 240 Å². The van der Waals surface area contributed by atoms with Crippen LogP contribution in [-0.2, 0) is 0 Å². The lowest BCUT2D eigenvalue weighted by molar-refractivity contribution is 0.465. The second kappa shape index (κ2) is 15.1. The number of nitrogens with zero attached hydrogens (tertiary/aromatic N) is 2. The van der Waals surface area contributed by atoms with Crippen molar-refractivity contribution in [1.29, 1.82) is 0 Å². The molecule has 0 saturated carbocycles. The van der Waals surface area contributed by atoms with Gasteiger partial charge in [-0.1, -0.05) is 164 Å². The molecule has 11 aromatic carbocycles. The van der Waals surface area contributed by atoms with Gasteiger partial charge in [-0.3, -0.25) is 0 Å². The Morgan fingerprint density at radius 2 is 0.708 bits per heavy atom. The normalized spacial score (nSPS) is 12.2. The van der Waals surface area contributed by atoms with Gasteiger partial charge in [0.15, 0.2) is 0 Å². The van der Waals surface area contributed by atoms with Crippen LogP contribution in [0.5, 0.6) is 23.0 Å². The monoisotopic (exact) mass is 830 g/mol. The van der Waals surface area contributed by atoms with Crippen molar-refractivity contribution in [3.05, 3.63) is 237 Å². The van der Waals surface area contributed by atoms with Crippen LogP contribution in [0.1, 0.15) is 0 Å². The zero-order chi connectivity index (χ0) is 42.8. The third-order valence-electron chi connectivity index (χ3n) is 13.1. The van der Waals surface area contributed by atoms with Gasteiger partial charge in [-0.2, -0.15) is 0 Å². The largest absolute Gasteiger partial charge is 0.458 e. The first-order valence-corrected chi connectivity index (χ1v) is 22.2. The number of rotatable bonds is 7. The lowest BCUT2D eigenvalue weighted by Gasteiger charge is -2.37. The van der Waals surface area contributed by atoms with Crippen molar-refractivity contribution in [2.75, 3.05) is 9.80 Å². The van der Waals surface area contributed by atoms with Gasteiger partial charge in [0, 0.05) is 51.1 Å². The summed E-state index contributed by atoms with van der Waals surface area (Å²) in [5.41, 5.74) is 12.0. The van der Waals surface area contributed by atoms with Gasteiger partial charge in [0.25, 0.3) is 6.71 Å². The van der Waals surface area contributed by atoms with Crippen molar-refractivity contribution in [3.8, 4) is 34.1 Å². The maximum absolute atomic E-state index is 7.10. The zero-order valence-corrected chi connectivity index (χ0v) is 35.3. The molecule has 0 bridgehead atoms. The molecule has 11 aromatic rings. The van der Waals surface area contributed by atoms with E-state index in [-0.39, 0.29) is 6.71 Å². The van der Waals surface area contributed by atoms with E-state index in [0.717, 1.165) is 95.1 Å². The lowest BCUT2D eigenvalue weighted by atomic mass is 9.33. The maximum atomic E-state index is 7.10. The van der Waals surface area contributed by atoms with Crippen LogP contribution in [0.4, 0.5) is 34.1 Å². The fraction of sp³-hybridized carbons (Fsp3) is 0. The summed E-state index contributed by atoms with van der Waals surface area (Å²) in [7, 11) is 0.